The number of likely N-dealkylation sites (tertiary alicyclic amines) is 1. The highest BCUT2D eigenvalue weighted by Gasteiger charge is 2.29. The van der Waals surface area contributed by atoms with Gasteiger partial charge in [0.15, 0.2) is 0 Å². The molecule has 1 aliphatic heterocycles. The molecular weight excluding hydrogens is 350 g/mol. The quantitative estimate of drug-likeness (QED) is 0.705. The maximum absolute atomic E-state index is 12.4. The second-order valence-corrected chi connectivity index (χ2v) is 7.32. The van der Waals surface area contributed by atoms with E-state index < -0.39 is 6.10 Å². The molecular formula is C18H21N5O2S. The molecule has 3 heterocycles. The molecule has 2 N–H and O–H groups in total. The zero-order valence-corrected chi connectivity index (χ0v) is 15.1. The van der Waals surface area contributed by atoms with Crippen molar-refractivity contribution >= 4 is 28.1 Å². The number of fused-ring (bicyclic) bond motifs is 1. The number of carbonyl (C=O) groups is 1. The first-order chi connectivity index (χ1) is 12.7. The van der Waals surface area contributed by atoms with E-state index in [0.717, 1.165) is 36.1 Å². The van der Waals surface area contributed by atoms with Gasteiger partial charge in [0.25, 0.3) is 0 Å². The van der Waals surface area contributed by atoms with Gasteiger partial charge < -0.3 is 10.4 Å². The van der Waals surface area contributed by atoms with E-state index in [-0.39, 0.29) is 18.5 Å². The number of rotatable bonds is 5. The van der Waals surface area contributed by atoms with Gasteiger partial charge in [-0.05, 0) is 12.5 Å². The average molecular weight is 371 g/mol. The fraction of sp³-hybridized carbons (Fsp3) is 0.389. The number of para-hydroxylation sites is 1. The molecule has 3 aromatic rings. The van der Waals surface area contributed by atoms with Gasteiger partial charge in [-0.1, -0.05) is 18.2 Å². The van der Waals surface area contributed by atoms with E-state index in [0.29, 0.717) is 6.54 Å². The predicted molar refractivity (Wildman–Crippen MR) is 99.7 cm³/mol. The number of β-amino-alcohol motifs (C(OH)–C–C–N with tert-alkyl or cyclic N) is 1. The molecule has 2 aromatic heterocycles. The molecule has 2 atom stereocenters. The Kier molecular flexibility index (Phi) is 4.96. The van der Waals surface area contributed by atoms with Gasteiger partial charge in [0.1, 0.15) is 6.54 Å². The van der Waals surface area contributed by atoms with Gasteiger partial charge in [0, 0.05) is 30.4 Å². The summed E-state index contributed by atoms with van der Waals surface area (Å²) in [4.78, 5) is 18.9. The maximum atomic E-state index is 12.4. The van der Waals surface area contributed by atoms with Crippen molar-refractivity contribution in [3.8, 4) is 0 Å². The number of aromatic nitrogens is 3. The summed E-state index contributed by atoms with van der Waals surface area (Å²) in [6.45, 7) is 2.25. The monoisotopic (exact) mass is 371 g/mol. The van der Waals surface area contributed by atoms with Gasteiger partial charge in [0.2, 0.25) is 5.91 Å². The lowest BCUT2D eigenvalue weighted by atomic mass is 10.0. The molecule has 1 saturated heterocycles. The van der Waals surface area contributed by atoms with E-state index in [1.54, 1.807) is 22.2 Å². The minimum atomic E-state index is -0.583. The highest BCUT2D eigenvalue weighted by Crippen LogP contribution is 2.16. The van der Waals surface area contributed by atoms with Crippen LogP contribution in [0.4, 0.5) is 0 Å². The minimum Gasteiger partial charge on any atom is -0.390 e. The van der Waals surface area contributed by atoms with Crippen LogP contribution in [0.1, 0.15) is 12.1 Å². The summed E-state index contributed by atoms with van der Waals surface area (Å²) in [7, 11) is 0. The second kappa shape index (κ2) is 7.53. The molecule has 0 unspecified atom stereocenters. The number of aliphatic hydroxyl groups is 1. The number of hydrogen-bond acceptors (Lipinski definition) is 6. The number of aliphatic hydroxyl groups excluding tert-OH is 1. The topological polar surface area (TPSA) is 83.3 Å². The summed E-state index contributed by atoms with van der Waals surface area (Å²) >= 11 is 1.57. The summed E-state index contributed by atoms with van der Waals surface area (Å²) in [5.74, 6) is -0.129. The lowest BCUT2D eigenvalue weighted by molar-refractivity contribution is -0.124. The van der Waals surface area contributed by atoms with Crippen LogP contribution in [0.2, 0.25) is 0 Å². The van der Waals surface area contributed by atoms with Crippen LogP contribution in [-0.2, 0) is 17.9 Å². The summed E-state index contributed by atoms with van der Waals surface area (Å²) < 4.78 is 1.69. The molecule has 0 radical (unpaired) electrons. The van der Waals surface area contributed by atoms with Gasteiger partial charge in [-0.3, -0.25) is 14.4 Å². The van der Waals surface area contributed by atoms with Crippen LogP contribution in [0.25, 0.3) is 10.9 Å². The zero-order chi connectivity index (χ0) is 17.9. The molecule has 8 heteroatoms. The molecule has 0 saturated carbocycles. The normalized spacial score (nSPS) is 21.1. The second-order valence-electron chi connectivity index (χ2n) is 6.61. The van der Waals surface area contributed by atoms with Crippen LogP contribution in [0.15, 0.2) is 41.4 Å². The molecule has 7 nitrogen and oxygen atoms in total. The van der Waals surface area contributed by atoms with Crippen molar-refractivity contribution in [2.75, 3.05) is 13.1 Å². The Balaban J connectivity index is 1.32. The number of piperidine rings is 1. The third-order valence-corrected chi connectivity index (χ3v) is 5.36. The third kappa shape index (κ3) is 3.77. The van der Waals surface area contributed by atoms with Crippen molar-refractivity contribution in [3.63, 3.8) is 0 Å². The van der Waals surface area contributed by atoms with Crippen LogP contribution < -0.4 is 5.32 Å². The van der Waals surface area contributed by atoms with Crippen molar-refractivity contribution in [2.45, 2.75) is 31.7 Å². The number of nitrogens with zero attached hydrogens (tertiary/aromatic N) is 4. The summed E-state index contributed by atoms with van der Waals surface area (Å²) in [6.07, 6.45) is 1.89. The maximum Gasteiger partial charge on any atom is 0.242 e. The molecule has 1 aliphatic rings. The summed E-state index contributed by atoms with van der Waals surface area (Å²) in [5, 5.41) is 20.7. The molecule has 4 rings (SSSR count). The van der Waals surface area contributed by atoms with Crippen LogP contribution in [0, 0.1) is 0 Å². The first-order valence-electron chi connectivity index (χ1n) is 8.66. The van der Waals surface area contributed by atoms with Crippen LogP contribution in [-0.4, -0.2) is 55.9 Å². The summed E-state index contributed by atoms with van der Waals surface area (Å²) in [6, 6.07) is 7.57. The highest BCUT2D eigenvalue weighted by atomic mass is 32.1. The standard InChI is InChI=1S/C18H21N5O2S/c24-17-9-22(8-14-11-26-12-19-14)6-5-15(17)21-18(25)10-23-16-4-2-1-3-13(16)7-20-23/h1-4,7,11-12,15,17,24H,5-6,8-10H2,(H,21,25)/t15-,17-/m1/s1. The fourth-order valence-electron chi connectivity index (χ4n) is 3.39. The van der Waals surface area contributed by atoms with Crippen molar-refractivity contribution in [1.82, 2.24) is 25.0 Å². The van der Waals surface area contributed by atoms with Crippen LogP contribution in [0.3, 0.4) is 0 Å². The number of carbonyl (C=O) groups excluding carboxylic acids is 1. The molecule has 1 aromatic carbocycles. The van der Waals surface area contributed by atoms with Crippen LogP contribution >= 0.6 is 11.3 Å². The molecule has 0 aliphatic carbocycles. The Hall–Kier alpha value is -2.29. The van der Waals surface area contributed by atoms with Crippen LogP contribution in [0.5, 0.6) is 0 Å². The average Bonchev–Trinajstić information content (AvgIpc) is 3.28. The molecule has 1 amide bonds. The Morgan fingerprint density at radius 2 is 2.27 bits per heavy atom. The molecule has 0 spiro atoms. The van der Waals surface area contributed by atoms with E-state index in [2.05, 4.69) is 20.3 Å². The molecule has 26 heavy (non-hydrogen) atoms. The zero-order valence-electron chi connectivity index (χ0n) is 14.3. The number of hydrogen-bond donors (Lipinski definition) is 2. The number of amides is 1. The Morgan fingerprint density at radius 1 is 1.38 bits per heavy atom. The lowest BCUT2D eigenvalue weighted by Crippen LogP contribution is -2.54. The third-order valence-electron chi connectivity index (χ3n) is 4.73. The smallest absolute Gasteiger partial charge is 0.242 e. The number of nitrogens with one attached hydrogen (secondary N) is 1. The highest BCUT2D eigenvalue weighted by molar-refractivity contribution is 7.07. The van der Waals surface area contributed by atoms with Crippen molar-refractivity contribution in [2.24, 2.45) is 0 Å². The van der Waals surface area contributed by atoms with Crippen molar-refractivity contribution in [3.05, 3.63) is 47.0 Å². The predicted octanol–water partition coefficient (Wildman–Crippen LogP) is 1.24. The Labute approximate surface area is 155 Å². The summed E-state index contributed by atoms with van der Waals surface area (Å²) in [5.41, 5.74) is 3.77. The van der Waals surface area contributed by atoms with Gasteiger partial charge >= 0.3 is 0 Å². The van der Waals surface area contributed by atoms with Crippen molar-refractivity contribution < 1.29 is 9.90 Å². The number of thiazole rings is 1. The largest absolute Gasteiger partial charge is 0.390 e. The van der Waals surface area contributed by atoms with Crippen molar-refractivity contribution in [1.29, 1.82) is 0 Å². The Bertz CT molecular complexity index is 879. The van der Waals surface area contributed by atoms with E-state index in [1.807, 2.05) is 35.2 Å². The van der Waals surface area contributed by atoms with Gasteiger partial charge in [-0.2, -0.15) is 5.10 Å². The first-order valence-corrected chi connectivity index (χ1v) is 9.61. The lowest BCUT2D eigenvalue weighted by Gasteiger charge is -2.35. The first kappa shape index (κ1) is 17.1. The molecule has 1 fully saturated rings. The molecule has 136 valence electrons. The van der Waals surface area contributed by atoms with Gasteiger partial charge in [-0.15, -0.1) is 11.3 Å². The SMILES string of the molecule is O=C(Cn1ncc2ccccc21)N[C@@H]1CCN(Cc2cscn2)C[C@H]1O. The van der Waals surface area contributed by atoms with Gasteiger partial charge in [-0.25, -0.2) is 4.98 Å². The van der Waals surface area contributed by atoms with E-state index >= 15 is 0 Å². The van der Waals surface area contributed by atoms with E-state index in [1.165, 1.54) is 0 Å². The Morgan fingerprint density at radius 3 is 3.08 bits per heavy atom. The van der Waals surface area contributed by atoms with E-state index in [9.17, 15) is 9.90 Å². The van der Waals surface area contributed by atoms with Gasteiger partial charge in [0.05, 0.1) is 35.1 Å². The molecule has 0 bridgehead atoms. The van der Waals surface area contributed by atoms with E-state index in [4.69, 9.17) is 0 Å². The number of benzene rings is 1. The fourth-order valence-corrected chi connectivity index (χ4v) is 3.94. The minimum absolute atomic E-state index is 0.129.